The Hall–Kier alpha value is -3.79. The van der Waals surface area contributed by atoms with Crippen LogP contribution in [0.25, 0.3) is 22.0 Å². The number of ether oxygens (including phenoxy) is 1. The van der Waals surface area contributed by atoms with Crippen LogP contribution in [-0.4, -0.2) is 11.3 Å². The molecule has 1 aromatic heterocycles. The first-order valence-electron chi connectivity index (χ1n) is 8.54. The van der Waals surface area contributed by atoms with Crippen LogP contribution in [0.5, 0.6) is 5.75 Å². The van der Waals surface area contributed by atoms with E-state index in [0.717, 1.165) is 0 Å². The summed E-state index contributed by atoms with van der Waals surface area (Å²) in [6.07, 6.45) is -1.59. The summed E-state index contributed by atoms with van der Waals surface area (Å²) in [5.41, 5.74) is 3.71. The first-order chi connectivity index (χ1) is 13.8. The average molecular weight is 395 g/mol. The first kappa shape index (κ1) is 20.0. The molecule has 0 unspecified atom stereocenters. The van der Waals surface area contributed by atoms with Gasteiger partial charge in [-0.3, -0.25) is 4.98 Å². The number of nitrogens with zero attached hydrogens (tertiary/aromatic N) is 2. The van der Waals surface area contributed by atoms with Crippen LogP contribution in [0.3, 0.4) is 0 Å². The Morgan fingerprint density at radius 3 is 2.59 bits per heavy atom. The Morgan fingerprint density at radius 2 is 1.97 bits per heavy atom. The third kappa shape index (κ3) is 4.55. The highest BCUT2D eigenvalue weighted by Crippen LogP contribution is 2.33. The summed E-state index contributed by atoms with van der Waals surface area (Å²) in [6.45, 7) is 7.76. The van der Waals surface area contributed by atoms with Crippen LogP contribution < -0.4 is 10.1 Å². The SMILES string of the molecule is C=CC(=C)NCc1cc(-c2ccc(OC(F)(F)F)cc2)c2ncccc2c1C#N. The lowest BCUT2D eigenvalue weighted by molar-refractivity contribution is -0.274. The van der Waals surface area contributed by atoms with Crippen LogP contribution in [0, 0.1) is 11.3 Å². The summed E-state index contributed by atoms with van der Waals surface area (Å²) in [4.78, 5) is 4.38. The normalized spacial score (nSPS) is 11.0. The first-order valence-corrected chi connectivity index (χ1v) is 8.54. The highest BCUT2D eigenvalue weighted by atomic mass is 19.4. The minimum absolute atomic E-state index is 0.309. The molecule has 1 heterocycles. The molecule has 3 aromatic rings. The number of hydrogen-bond acceptors (Lipinski definition) is 4. The van der Waals surface area contributed by atoms with E-state index < -0.39 is 6.36 Å². The van der Waals surface area contributed by atoms with Gasteiger partial charge in [0.15, 0.2) is 0 Å². The lowest BCUT2D eigenvalue weighted by Gasteiger charge is -2.14. The fraction of sp³-hybridized carbons (Fsp3) is 0.0909. The van der Waals surface area contributed by atoms with Crippen LogP contribution in [0.2, 0.25) is 0 Å². The van der Waals surface area contributed by atoms with E-state index in [1.807, 2.05) is 0 Å². The van der Waals surface area contributed by atoms with Gasteiger partial charge in [0, 0.05) is 29.4 Å². The van der Waals surface area contributed by atoms with Gasteiger partial charge in [-0.15, -0.1) is 13.2 Å². The van der Waals surface area contributed by atoms with Gasteiger partial charge >= 0.3 is 6.36 Å². The molecule has 0 atom stereocenters. The van der Waals surface area contributed by atoms with Gasteiger partial charge in [-0.2, -0.15) is 5.26 Å². The van der Waals surface area contributed by atoms with Crippen molar-refractivity contribution in [1.29, 1.82) is 5.26 Å². The van der Waals surface area contributed by atoms with Crippen LogP contribution >= 0.6 is 0 Å². The Bertz CT molecular complexity index is 1110. The van der Waals surface area contributed by atoms with Gasteiger partial charge in [0.2, 0.25) is 0 Å². The smallest absolute Gasteiger partial charge is 0.406 e. The summed E-state index contributed by atoms with van der Waals surface area (Å²) in [7, 11) is 0. The fourth-order valence-corrected chi connectivity index (χ4v) is 2.92. The second-order valence-corrected chi connectivity index (χ2v) is 6.12. The Morgan fingerprint density at radius 1 is 1.24 bits per heavy atom. The summed E-state index contributed by atoms with van der Waals surface area (Å²) in [5, 5.41) is 13.4. The molecule has 0 bridgehead atoms. The molecule has 29 heavy (non-hydrogen) atoms. The molecule has 0 aliphatic rings. The lowest BCUT2D eigenvalue weighted by atomic mass is 9.94. The number of hydrogen-bond donors (Lipinski definition) is 1. The molecule has 0 fully saturated rings. The van der Waals surface area contributed by atoms with Crippen molar-refractivity contribution in [3.05, 3.63) is 84.7 Å². The maximum atomic E-state index is 12.4. The van der Waals surface area contributed by atoms with E-state index in [2.05, 4.69) is 34.3 Å². The Balaban J connectivity index is 2.10. The molecule has 2 aromatic carbocycles. The number of allylic oxidation sites excluding steroid dienone is 1. The topological polar surface area (TPSA) is 57.9 Å². The molecule has 4 nitrogen and oxygen atoms in total. The van der Waals surface area contributed by atoms with Crippen molar-refractivity contribution < 1.29 is 17.9 Å². The molecule has 0 saturated carbocycles. The zero-order valence-electron chi connectivity index (χ0n) is 15.3. The zero-order valence-corrected chi connectivity index (χ0v) is 15.3. The van der Waals surface area contributed by atoms with Gasteiger partial charge < -0.3 is 10.1 Å². The number of nitriles is 1. The van der Waals surface area contributed by atoms with E-state index in [1.165, 1.54) is 24.3 Å². The van der Waals surface area contributed by atoms with Crippen molar-refractivity contribution in [2.45, 2.75) is 12.9 Å². The molecule has 7 heteroatoms. The van der Waals surface area contributed by atoms with Crippen molar-refractivity contribution >= 4 is 10.9 Å². The standard InChI is InChI=1S/C22H16F3N3O/c1-3-14(2)28-13-16-11-19(21-18(20(16)12-26)5-4-10-27-21)15-6-8-17(9-7-15)29-22(23,24)25/h3-11,28H,1-2,13H2. The van der Waals surface area contributed by atoms with Gasteiger partial charge in [-0.05, 0) is 47.5 Å². The van der Waals surface area contributed by atoms with Crippen LogP contribution in [0.1, 0.15) is 11.1 Å². The fourth-order valence-electron chi connectivity index (χ4n) is 2.92. The Kier molecular flexibility index (Phi) is 5.55. The number of fused-ring (bicyclic) bond motifs is 1. The van der Waals surface area contributed by atoms with Crippen molar-refractivity contribution in [3.63, 3.8) is 0 Å². The minimum atomic E-state index is -4.75. The highest BCUT2D eigenvalue weighted by molar-refractivity contribution is 5.98. The van der Waals surface area contributed by atoms with E-state index in [4.69, 9.17) is 0 Å². The van der Waals surface area contributed by atoms with Gasteiger partial charge in [0.1, 0.15) is 11.8 Å². The summed E-state index contributed by atoms with van der Waals surface area (Å²) >= 11 is 0. The molecule has 1 N–H and O–H groups in total. The number of aromatic nitrogens is 1. The number of alkyl halides is 3. The Labute approximate surface area is 165 Å². The molecule has 0 saturated heterocycles. The molecule has 0 spiro atoms. The lowest BCUT2D eigenvalue weighted by Crippen LogP contribution is -2.16. The summed E-state index contributed by atoms with van der Waals surface area (Å²) in [5.74, 6) is -0.309. The predicted molar refractivity (Wildman–Crippen MR) is 105 cm³/mol. The molecular weight excluding hydrogens is 379 g/mol. The molecule has 146 valence electrons. The number of halogens is 3. The monoisotopic (exact) mass is 395 g/mol. The second-order valence-electron chi connectivity index (χ2n) is 6.12. The zero-order chi connectivity index (χ0) is 21.0. The van der Waals surface area contributed by atoms with Gasteiger partial charge in [-0.1, -0.05) is 25.3 Å². The molecule has 0 aliphatic carbocycles. The van der Waals surface area contributed by atoms with E-state index in [-0.39, 0.29) is 5.75 Å². The van der Waals surface area contributed by atoms with Gasteiger partial charge in [-0.25, -0.2) is 0 Å². The number of pyridine rings is 1. The molecule has 0 amide bonds. The average Bonchev–Trinajstić information content (AvgIpc) is 2.70. The number of rotatable bonds is 6. The molecule has 0 aliphatic heterocycles. The van der Waals surface area contributed by atoms with Gasteiger partial charge in [0.25, 0.3) is 0 Å². The maximum Gasteiger partial charge on any atom is 0.573 e. The molecule has 3 rings (SSSR count). The predicted octanol–water partition coefficient (Wildman–Crippen LogP) is 5.46. The van der Waals surface area contributed by atoms with E-state index >= 15 is 0 Å². The third-order valence-corrected chi connectivity index (χ3v) is 4.23. The highest BCUT2D eigenvalue weighted by Gasteiger charge is 2.31. The summed E-state index contributed by atoms with van der Waals surface area (Å²) < 4.78 is 41.1. The maximum absolute atomic E-state index is 12.4. The van der Waals surface area contributed by atoms with Crippen molar-refractivity contribution in [2.24, 2.45) is 0 Å². The van der Waals surface area contributed by atoms with Gasteiger partial charge in [0.05, 0.1) is 11.1 Å². The third-order valence-electron chi connectivity index (χ3n) is 4.23. The number of nitrogens with one attached hydrogen (secondary N) is 1. The minimum Gasteiger partial charge on any atom is -0.406 e. The van der Waals surface area contributed by atoms with E-state index in [9.17, 15) is 18.4 Å². The quantitative estimate of drug-likeness (QED) is 0.563. The summed E-state index contributed by atoms with van der Waals surface area (Å²) in [6, 6.07) is 13.1. The number of benzene rings is 2. The van der Waals surface area contributed by atoms with Crippen molar-refractivity contribution in [3.8, 4) is 22.9 Å². The van der Waals surface area contributed by atoms with Crippen LogP contribution in [0.4, 0.5) is 13.2 Å². The second kappa shape index (κ2) is 8.07. The largest absolute Gasteiger partial charge is 0.573 e. The van der Waals surface area contributed by atoms with Crippen molar-refractivity contribution in [2.75, 3.05) is 0 Å². The molecular formula is C22H16F3N3O. The molecule has 0 radical (unpaired) electrons. The van der Waals surface area contributed by atoms with Crippen LogP contribution in [0.15, 0.2) is 73.6 Å². The van der Waals surface area contributed by atoms with E-state index in [1.54, 1.807) is 30.5 Å². The van der Waals surface area contributed by atoms with Crippen molar-refractivity contribution in [1.82, 2.24) is 10.3 Å². The van der Waals surface area contributed by atoms with E-state index in [0.29, 0.717) is 45.4 Å². The van der Waals surface area contributed by atoms with Crippen LogP contribution in [-0.2, 0) is 6.54 Å².